The molecule has 1 saturated heterocycles. The topological polar surface area (TPSA) is 50.5 Å². The Morgan fingerprint density at radius 2 is 2.07 bits per heavy atom. The lowest BCUT2D eigenvalue weighted by Gasteiger charge is -2.17. The molecule has 3 aromatic rings. The van der Waals surface area contributed by atoms with Crippen LogP contribution < -0.4 is 0 Å². The Kier molecular flexibility index (Phi) is 4.85. The Morgan fingerprint density at radius 3 is 2.82 bits per heavy atom. The van der Waals surface area contributed by atoms with Crippen molar-refractivity contribution in [2.75, 3.05) is 6.54 Å². The van der Waals surface area contributed by atoms with Gasteiger partial charge in [0.15, 0.2) is 5.65 Å². The zero-order valence-electron chi connectivity index (χ0n) is 15.1. The van der Waals surface area contributed by atoms with Gasteiger partial charge in [-0.15, -0.1) is 0 Å². The third-order valence-corrected chi connectivity index (χ3v) is 5.09. The van der Waals surface area contributed by atoms with E-state index in [1.54, 1.807) is 21.5 Å². The largest absolute Gasteiger partial charge is 0.336 e. The predicted molar refractivity (Wildman–Crippen MR) is 102 cm³/mol. The summed E-state index contributed by atoms with van der Waals surface area (Å²) in [5, 5.41) is 4.64. The van der Waals surface area contributed by atoms with Gasteiger partial charge in [0.1, 0.15) is 5.15 Å². The van der Waals surface area contributed by atoms with Gasteiger partial charge in [0.25, 0.3) is 6.08 Å². The maximum absolute atomic E-state index is 12.6. The molecule has 1 aliphatic rings. The fourth-order valence-corrected chi connectivity index (χ4v) is 3.72. The van der Waals surface area contributed by atoms with E-state index in [1.165, 1.54) is 0 Å². The minimum atomic E-state index is -1.76. The molecule has 0 saturated carbocycles. The molecule has 1 atom stereocenters. The van der Waals surface area contributed by atoms with E-state index in [-0.39, 0.29) is 25.4 Å². The molecule has 1 aromatic carbocycles. The zero-order valence-corrected chi connectivity index (χ0v) is 15.8. The SMILES string of the molecule is Cc1ccccc1-c1nc2ccc(Cl)nn2c1CN1CC(C=C(F)F)CC1=O. The summed E-state index contributed by atoms with van der Waals surface area (Å²) in [5.74, 6) is -0.662. The second-order valence-corrected chi connectivity index (χ2v) is 7.23. The molecule has 0 bridgehead atoms. The van der Waals surface area contributed by atoms with Crippen molar-refractivity contribution in [2.24, 2.45) is 5.92 Å². The highest BCUT2D eigenvalue weighted by molar-refractivity contribution is 6.29. The van der Waals surface area contributed by atoms with Gasteiger partial charge >= 0.3 is 0 Å². The van der Waals surface area contributed by atoms with Crippen LogP contribution >= 0.6 is 11.6 Å². The summed E-state index contributed by atoms with van der Waals surface area (Å²) in [6.45, 7) is 2.43. The van der Waals surface area contributed by atoms with Crippen LogP contribution in [0.3, 0.4) is 0 Å². The second-order valence-electron chi connectivity index (χ2n) is 6.84. The average molecular weight is 403 g/mol. The van der Waals surface area contributed by atoms with Gasteiger partial charge < -0.3 is 4.90 Å². The first kappa shape index (κ1) is 18.6. The number of aromatic nitrogens is 3. The molecule has 0 aliphatic carbocycles. The minimum absolute atomic E-state index is 0.0714. The van der Waals surface area contributed by atoms with Crippen molar-refractivity contribution in [3.8, 4) is 11.3 Å². The van der Waals surface area contributed by atoms with E-state index in [4.69, 9.17) is 16.6 Å². The van der Waals surface area contributed by atoms with Crippen LogP contribution in [0.25, 0.3) is 16.9 Å². The smallest absolute Gasteiger partial charge is 0.266 e. The molecule has 1 aliphatic heterocycles. The average Bonchev–Trinajstić information content (AvgIpc) is 3.15. The monoisotopic (exact) mass is 402 g/mol. The van der Waals surface area contributed by atoms with Gasteiger partial charge in [-0.25, -0.2) is 9.50 Å². The van der Waals surface area contributed by atoms with Crippen LogP contribution in [0.1, 0.15) is 17.7 Å². The molecule has 0 N–H and O–H groups in total. The van der Waals surface area contributed by atoms with Crippen LogP contribution in [0.4, 0.5) is 8.78 Å². The molecule has 2 aromatic heterocycles. The summed E-state index contributed by atoms with van der Waals surface area (Å²) in [6, 6.07) is 11.2. The van der Waals surface area contributed by atoms with Crippen molar-refractivity contribution in [1.82, 2.24) is 19.5 Å². The number of benzene rings is 1. The predicted octanol–water partition coefficient (Wildman–Crippen LogP) is 4.49. The van der Waals surface area contributed by atoms with E-state index >= 15 is 0 Å². The van der Waals surface area contributed by atoms with Crippen molar-refractivity contribution in [2.45, 2.75) is 19.9 Å². The molecule has 144 valence electrons. The number of hydrogen-bond donors (Lipinski definition) is 0. The summed E-state index contributed by atoms with van der Waals surface area (Å²) in [5.41, 5.74) is 3.97. The normalized spacial score (nSPS) is 16.8. The van der Waals surface area contributed by atoms with E-state index in [2.05, 4.69) is 5.10 Å². The number of rotatable bonds is 4. The second kappa shape index (κ2) is 7.31. The zero-order chi connectivity index (χ0) is 19.8. The van der Waals surface area contributed by atoms with Crippen LogP contribution in [0, 0.1) is 12.8 Å². The van der Waals surface area contributed by atoms with Crippen molar-refractivity contribution in [1.29, 1.82) is 0 Å². The Bertz CT molecular complexity index is 1090. The Balaban J connectivity index is 1.78. The lowest BCUT2D eigenvalue weighted by atomic mass is 10.0. The molecule has 1 amide bonds. The molecule has 3 heterocycles. The van der Waals surface area contributed by atoms with Crippen LogP contribution in [0.5, 0.6) is 0 Å². The molecular weight excluding hydrogens is 386 g/mol. The van der Waals surface area contributed by atoms with Crippen molar-refractivity contribution in [3.63, 3.8) is 0 Å². The van der Waals surface area contributed by atoms with Crippen LogP contribution in [-0.4, -0.2) is 31.9 Å². The molecule has 8 heteroatoms. The van der Waals surface area contributed by atoms with E-state index in [1.807, 2.05) is 31.2 Å². The lowest BCUT2D eigenvalue weighted by molar-refractivity contribution is -0.128. The van der Waals surface area contributed by atoms with Crippen LogP contribution in [0.15, 0.2) is 48.6 Å². The van der Waals surface area contributed by atoms with E-state index in [9.17, 15) is 13.6 Å². The van der Waals surface area contributed by atoms with Gasteiger partial charge in [-0.1, -0.05) is 35.9 Å². The van der Waals surface area contributed by atoms with Gasteiger partial charge in [0.05, 0.1) is 17.9 Å². The molecule has 4 rings (SSSR count). The Labute approximate surface area is 165 Å². The summed E-state index contributed by atoms with van der Waals surface area (Å²) in [6.07, 6.45) is -0.838. The van der Waals surface area contributed by atoms with E-state index < -0.39 is 12.0 Å². The number of halogens is 3. The van der Waals surface area contributed by atoms with E-state index in [0.717, 1.165) is 17.2 Å². The molecule has 28 heavy (non-hydrogen) atoms. The number of hydrogen-bond acceptors (Lipinski definition) is 3. The van der Waals surface area contributed by atoms with Gasteiger partial charge in [0, 0.05) is 24.4 Å². The summed E-state index contributed by atoms with van der Waals surface area (Å²) < 4.78 is 26.8. The number of fused-ring (bicyclic) bond motifs is 1. The van der Waals surface area contributed by atoms with E-state index in [0.29, 0.717) is 22.2 Å². The van der Waals surface area contributed by atoms with Crippen molar-refractivity contribution >= 4 is 23.2 Å². The minimum Gasteiger partial charge on any atom is -0.336 e. The first-order valence-electron chi connectivity index (χ1n) is 8.83. The fraction of sp³-hybridized carbons (Fsp3) is 0.250. The number of nitrogens with zero attached hydrogens (tertiary/aromatic N) is 4. The number of carbonyl (C=O) groups excluding carboxylic acids is 1. The third kappa shape index (κ3) is 3.49. The third-order valence-electron chi connectivity index (χ3n) is 4.88. The lowest BCUT2D eigenvalue weighted by Crippen LogP contribution is -2.25. The molecule has 0 spiro atoms. The van der Waals surface area contributed by atoms with Crippen LogP contribution in [-0.2, 0) is 11.3 Å². The Hall–Kier alpha value is -2.80. The van der Waals surface area contributed by atoms with Gasteiger partial charge in [-0.2, -0.15) is 13.9 Å². The number of amides is 1. The number of carbonyl (C=O) groups is 1. The number of aryl methyl sites for hydroxylation is 1. The first-order valence-corrected chi connectivity index (χ1v) is 9.21. The molecule has 0 radical (unpaired) electrons. The van der Waals surface area contributed by atoms with Gasteiger partial charge in [-0.3, -0.25) is 4.79 Å². The quantitative estimate of drug-likeness (QED) is 0.646. The summed E-state index contributed by atoms with van der Waals surface area (Å²) in [7, 11) is 0. The number of imidazole rings is 1. The highest BCUT2D eigenvalue weighted by atomic mass is 35.5. The molecule has 1 unspecified atom stereocenters. The van der Waals surface area contributed by atoms with Crippen molar-refractivity contribution in [3.05, 3.63) is 65.0 Å². The van der Waals surface area contributed by atoms with Crippen LogP contribution in [0.2, 0.25) is 5.15 Å². The molecule has 5 nitrogen and oxygen atoms in total. The van der Waals surface area contributed by atoms with Crippen molar-refractivity contribution < 1.29 is 13.6 Å². The first-order chi connectivity index (χ1) is 13.4. The maximum Gasteiger partial charge on any atom is 0.266 e. The maximum atomic E-state index is 12.6. The van der Waals surface area contributed by atoms with Gasteiger partial charge in [0.2, 0.25) is 5.91 Å². The molecule has 1 fully saturated rings. The fourth-order valence-electron chi connectivity index (χ4n) is 3.58. The van der Waals surface area contributed by atoms with Gasteiger partial charge in [-0.05, 0) is 30.7 Å². The standard InChI is InChI=1S/C20H17ClF2N4O/c1-12-4-2-3-5-14(12)20-15(27-18(24-20)7-6-16(21)25-27)11-26-10-13(8-17(22)23)9-19(26)28/h2-8,13H,9-11H2,1H3. The highest BCUT2D eigenvalue weighted by Crippen LogP contribution is 2.30. The summed E-state index contributed by atoms with van der Waals surface area (Å²) in [4.78, 5) is 18.6. The Morgan fingerprint density at radius 1 is 1.29 bits per heavy atom. The highest BCUT2D eigenvalue weighted by Gasteiger charge is 2.31. The molecular formula is C20H17ClF2N4O. The number of likely N-dealkylation sites (tertiary alicyclic amines) is 1. The summed E-state index contributed by atoms with van der Waals surface area (Å²) >= 11 is 6.07.